The van der Waals surface area contributed by atoms with E-state index in [-0.39, 0.29) is 6.61 Å². The van der Waals surface area contributed by atoms with Crippen molar-refractivity contribution in [2.24, 2.45) is 5.16 Å². The molecule has 1 unspecified atom stereocenters. The monoisotopic (exact) mass is 313 g/mol. The summed E-state index contributed by atoms with van der Waals surface area (Å²) in [5, 5.41) is 3.21. The quantitative estimate of drug-likeness (QED) is 0.257. The molecule has 1 saturated heterocycles. The molecule has 0 aliphatic carbocycles. The molecular weight excluding hydrogens is 305 g/mol. The molecule has 1 aliphatic rings. The van der Waals surface area contributed by atoms with Crippen molar-refractivity contribution >= 4 is 34.5 Å². The zero-order chi connectivity index (χ0) is 12.8. The second-order valence-electron chi connectivity index (χ2n) is 2.89. The van der Waals surface area contributed by atoms with Crippen LogP contribution in [0.2, 0.25) is 0 Å². The first-order valence-corrected chi connectivity index (χ1v) is 5.36. The SMILES string of the molecule is CON=CC(F)[C@@H]1OC(=O)OC(=O)OC[C@H]1Br. The topological polar surface area (TPSA) is 83.4 Å². The van der Waals surface area contributed by atoms with Crippen LogP contribution in [0.4, 0.5) is 14.0 Å². The molecule has 1 fully saturated rings. The summed E-state index contributed by atoms with van der Waals surface area (Å²) in [4.78, 5) is 25.3. The van der Waals surface area contributed by atoms with E-state index in [1.165, 1.54) is 7.11 Å². The third-order valence-corrected chi connectivity index (χ3v) is 2.52. The Morgan fingerprint density at radius 3 is 2.94 bits per heavy atom. The van der Waals surface area contributed by atoms with Crippen LogP contribution in [0.25, 0.3) is 0 Å². The summed E-state index contributed by atoms with van der Waals surface area (Å²) in [7, 11) is 1.24. The van der Waals surface area contributed by atoms with Gasteiger partial charge in [0.15, 0.2) is 12.3 Å². The Hall–Kier alpha value is -1.38. The van der Waals surface area contributed by atoms with Gasteiger partial charge in [-0.3, -0.25) is 0 Å². The molecule has 9 heteroatoms. The lowest BCUT2D eigenvalue weighted by Crippen LogP contribution is -2.42. The van der Waals surface area contributed by atoms with Gasteiger partial charge in [0.05, 0.1) is 11.0 Å². The Labute approximate surface area is 104 Å². The molecule has 1 aliphatic heterocycles. The zero-order valence-corrected chi connectivity index (χ0v) is 10.3. The van der Waals surface area contributed by atoms with Crippen LogP contribution in [0.15, 0.2) is 5.16 Å². The van der Waals surface area contributed by atoms with E-state index in [2.05, 4.69) is 40.1 Å². The highest BCUT2D eigenvalue weighted by atomic mass is 79.9. The number of rotatable bonds is 3. The number of cyclic esters (lactones) is 4. The minimum Gasteiger partial charge on any atom is -0.433 e. The lowest BCUT2D eigenvalue weighted by molar-refractivity contribution is -0.0222. The number of hydrogen-bond acceptors (Lipinski definition) is 7. The van der Waals surface area contributed by atoms with Crippen LogP contribution in [0, 0.1) is 0 Å². The molecule has 17 heavy (non-hydrogen) atoms. The Kier molecular flexibility index (Phi) is 5.13. The van der Waals surface area contributed by atoms with Gasteiger partial charge in [-0.2, -0.15) is 0 Å². The molecule has 0 spiro atoms. The Balaban J connectivity index is 2.70. The van der Waals surface area contributed by atoms with E-state index in [1.807, 2.05) is 0 Å². The number of halogens is 2. The van der Waals surface area contributed by atoms with Gasteiger partial charge in [0.2, 0.25) is 0 Å². The normalized spacial score (nSPS) is 27.5. The molecule has 0 radical (unpaired) electrons. The molecule has 1 rings (SSSR count). The van der Waals surface area contributed by atoms with E-state index in [0.29, 0.717) is 0 Å². The second kappa shape index (κ2) is 6.38. The third kappa shape index (κ3) is 4.17. The van der Waals surface area contributed by atoms with Crippen LogP contribution >= 0.6 is 15.9 Å². The van der Waals surface area contributed by atoms with Crippen LogP contribution in [-0.4, -0.2) is 49.3 Å². The number of hydrogen-bond donors (Lipinski definition) is 0. The highest BCUT2D eigenvalue weighted by Gasteiger charge is 2.35. The van der Waals surface area contributed by atoms with Gasteiger partial charge in [-0.1, -0.05) is 21.1 Å². The summed E-state index contributed by atoms with van der Waals surface area (Å²) in [6.07, 6.45) is -4.69. The van der Waals surface area contributed by atoms with Crippen LogP contribution in [0.1, 0.15) is 0 Å². The van der Waals surface area contributed by atoms with Crippen LogP contribution in [-0.2, 0) is 19.0 Å². The first-order chi connectivity index (χ1) is 8.04. The van der Waals surface area contributed by atoms with E-state index < -0.39 is 29.4 Å². The largest absolute Gasteiger partial charge is 0.519 e. The number of ether oxygens (including phenoxy) is 3. The molecule has 0 aromatic carbocycles. The van der Waals surface area contributed by atoms with E-state index in [1.54, 1.807) is 0 Å². The molecule has 0 N–H and O–H groups in total. The molecule has 0 aromatic rings. The van der Waals surface area contributed by atoms with E-state index >= 15 is 0 Å². The molecule has 3 atom stereocenters. The predicted octanol–water partition coefficient (Wildman–Crippen LogP) is 1.39. The van der Waals surface area contributed by atoms with Crippen LogP contribution < -0.4 is 0 Å². The van der Waals surface area contributed by atoms with Crippen molar-refractivity contribution in [3.63, 3.8) is 0 Å². The van der Waals surface area contributed by atoms with Crippen molar-refractivity contribution in [3.05, 3.63) is 0 Å². The average molecular weight is 314 g/mol. The molecule has 7 nitrogen and oxygen atoms in total. The first-order valence-electron chi connectivity index (χ1n) is 4.44. The van der Waals surface area contributed by atoms with E-state index in [0.717, 1.165) is 6.21 Å². The van der Waals surface area contributed by atoms with Crippen molar-refractivity contribution in [3.8, 4) is 0 Å². The van der Waals surface area contributed by atoms with Gasteiger partial charge in [0.25, 0.3) is 0 Å². The van der Waals surface area contributed by atoms with Gasteiger partial charge >= 0.3 is 12.3 Å². The molecule has 0 aromatic heterocycles. The summed E-state index contributed by atoms with van der Waals surface area (Å²) in [6, 6.07) is 0. The minimum atomic E-state index is -1.73. The van der Waals surface area contributed by atoms with Crippen LogP contribution in [0.3, 0.4) is 0 Å². The molecule has 96 valence electrons. The second-order valence-corrected chi connectivity index (χ2v) is 4.07. The van der Waals surface area contributed by atoms with Crippen molar-refractivity contribution in [1.29, 1.82) is 0 Å². The van der Waals surface area contributed by atoms with E-state index in [9.17, 15) is 14.0 Å². The van der Waals surface area contributed by atoms with Crippen LogP contribution in [0.5, 0.6) is 0 Å². The highest BCUT2D eigenvalue weighted by molar-refractivity contribution is 9.09. The summed E-state index contributed by atoms with van der Waals surface area (Å²) in [5.41, 5.74) is 0. The molecule has 0 saturated carbocycles. The summed E-state index contributed by atoms with van der Waals surface area (Å²) in [6.45, 7) is -0.210. The zero-order valence-electron chi connectivity index (χ0n) is 8.67. The average Bonchev–Trinajstić information content (AvgIpc) is 2.28. The van der Waals surface area contributed by atoms with Crippen molar-refractivity contribution in [2.75, 3.05) is 13.7 Å². The molecule has 0 amide bonds. The van der Waals surface area contributed by atoms with E-state index in [4.69, 9.17) is 0 Å². The summed E-state index contributed by atoms with van der Waals surface area (Å²) < 4.78 is 26.7. The standard InChI is InChI=1S/C8H9BrFNO6/c1-14-11-2-5(10)6-4(9)3-15-7(12)17-8(13)16-6/h2,4-6H,3H2,1H3/t4-,5?,6-/m1/s1. The van der Waals surface area contributed by atoms with Crippen molar-refractivity contribution in [1.82, 2.24) is 0 Å². The van der Waals surface area contributed by atoms with Crippen molar-refractivity contribution < 1.29 is 33.0 Å². The third-order valence-electron chi connectivity index (χ3n) is 1.74. The van der Waals surface area contributed by atoms with Gasteiger partial charge in [-0.25, -0.2) is 14.0 Å². The number of alkyl halides is 2. The lowest BCUT2D eigenvalue weighted by Gasteiger charge is -2.24. The Bertz CT molecular complexity index is 325. The highest BCUT2D eigenvalue weighted by Crippen LogP contribution is 2.19. The smallest absolute Gasteiger partial charge is 0.433 e. The van der Waals surface area contributed by atoms with Gasteiger partial charge in [-0.15, -0.1) is 0 Å². The molecule has 0 bridgehead atoms. The summed E-state index contributed by atoms with van der Waals surface area (Å²) >= 11 is 3.03. The minimum absolute atomic E-state index is 0.210. The summed E-state index contributed by atoms with van der Waals surface area (Å²) in [5.74, 6) is 0. The Morgan fingerprint density at radius 2 is 2.29 bits per heavy atom. The Morgan fingerprint density at radius 1 is 1.59 bits per heavy atom. The van der Waals surface area contributed by atoms with Gasteiger partial charge < -0.3 is 19.0 Å². The van der Waals surface area contributed by atoms with Gasteiger partial charge in [0.1, 0.15) is 13.7 Å². The number of oxime groups is 1. The maximum atomic E-state index is 13.6. The fourth-order valence-electron chi connectivity index (χ4n) is 1.02. The fraction of sp³-hybridized carbons (Fsp3) is 0.625. The first kappa shape index (κ1) is 13.7. The maximum Gasteiger partial charge on any atom is 0.519 e. The lowest BCUT2D eigenvalue weighted by atomic mass is 10.2. The molecular formula is C8H9BrFNO6. The number of nitrogens with zero attached hydrogens (tertiary/aromatic N) is 1. The number of carbonyl (C=O) groups excluding carboxylic acids is 2. The fourth-order valence-corrected chi connectivity index (χ4v) is 1.55. The predicted molar refractivity (Wildman–Crippen MR) is 55.8 cm³/mol. The molecule has 1 heterocycles. The van der Waals surface area contributed by atoms with Gasteiger partial charge in [-0.05, 0) is 0 Å². The number of carbonyl (C=O) groups is 2. The van der Waals surface area contributed by atoms with Crippen molar-refractivity contribution in [2.45, 2.75) is 17.1 Å². The van der Waals surface area contributed by atoms with Gasteiger partial charge in [0, 0.05) is 0 Å². The maximum absolute atomic E-state index is 13.6.